The van der Waals surface area contributed by atoms with E-state index >= 15 is 0 Å². The number of esters is 4. The lowest BCUT2D eigenvalue weighted by Crippen LogP contribution is -2.58. The Bertz CT molecular complexity index is 546. The lowest BCUT2D eigenvalue weighted by Gasteiger charge is -2.35. The summed E-state index contributed by atoms with van der Waals surface area (Å²) in [6.07, 6.45) is -3.36. The fourth-order valence-corrected chi connectivity index (χ4v) is 2.23. The van der Waals surface area contributed by atoms with Crippen molar-refractivity contribution in [3.05, 3.63) is 0 Å². The lowest BCUT2D eigenvalue weighted by atomic mass is 10.00. The Hall–Kier alpha value is -2.65. The summed E-state index contributed by atoms with van der Waals surface area (Å²) in [6.45, 7) is 6.82. The van der Waals surface area contributed by atoms with E-state index in [2.05, 4.69) is 5.32 Å². The second-order valence-electron chi connectivity index (χ2n) is 5.57. The molecule has 0 fully saturated rings. The molecule has 26 heavy (non-hydrogen) atoms. The molecule has 0 aromatic rings. The van der Waals surface area contributed by atoms with Crippen molar-refractivity contribution in [2.24, 2.45) is 0 Å². The van der Waals surface area contributed by atoms with Crippen LogP contribution in [0.2, 0.25) is 0 Å². The minimum Gasteiger partial charge on any atom is -0.462 e. The van der Waals surface area contributed by atoms with Crippen molar-refractivity contribution in [3.63, 3.8) is 0 Å². The molecular formula is C16H25NO9. The Kier molecular flexibility index (Phi) is 9.93. The maximum Gasteiger partial charge on any atom is 0.303 e. The van der Waals surface area contributed by atoms with Crippen LogP contribution in [0.4, 0.5) is 0 Å². The van der Waals surface area contributed by atoms with E-state index in [0.29, 0.717) is 0 Å². The molecule has 0 unspecified atom stereocenters. The third-order valence-corrected chi connectivity index (χ3v) is 3.01. The lowest BCUT2D eigenvalue weighted by molar-refractivity contribution is -0.176. The molecule has 0 spiro atoms. The van der Waals surface area contributed by atoms with Gasteiger partial charge in [0.05, 0.1) is 0 Å². The number of rotatable bonds is 9. The Morgan fingerprint density at radius 1 is 0.769 bits per heavy atom. The normalized spacial score (nSPS) is 14.8. The summed E-state index contributed by atoms with van der Waals surface area (Å²) >= 11 is 0. The van der Waals surface area contributed by atoms with Crippen molar-refractivity contribution in [1.29, 1.82) is 0 Å². The van der Waals surface area contributed by atoms with Crippen LogP contribution >= 0.6 is 0 Å². The minimum atomic E-state index is -1.19. The summed E-state index contributed by atoms with van der Waals surface area (Å²) in [4.78, 5) is 56.8. The molecule has 0 saturated heterocycles. The van der Waals surface area contributed by atoms with Gasteiger partial charge >= 0.3 is 23.9 Å². The third kappa shape index (κ3) is 9.60. The van der Waals surface area contributed by atoms with Gasteiger partial charge in [-0.15, -0.1) is 0 Å². The average molecular weight is 375 g/mol. The van der Waals surface area contributed by atoms with Crippen molar-refractivity contribution in [3.8, 4) is 0 Å². The van der Waals surface area contributed by atoms with Crippen LogP contribution in [0.3, 0.4) is 0 Å². The highest BCUT2D eigenvalue weighted by Gasteiger charge is 2.40. The van der Waals surface area contributed by atoms with Crippen LogP contribution in [-0.2, 0) is 42.9 Å². The van der Waals surface area contributed by atoms with Gasteiger partial charge in [-0.3, -0.25) is 24.0 Å². The van der Waals surface area contributed by atoms with Gasteiger partial charge in [0.15, 0.2) is 12.2 Å². The zero-order valence-electron chi connectivity index (χ0n) is 15.7. The van der Waals surface area contributed by atoms with Gasteiger partial charge in [-0.1, -0.05) is 0 Å². The van der Waals surface area contributed by atoms with E-state index in [-0.39, 0.29) is 0 Å². The van der Waals surface area contributed by atoms with Crippen LogP contribution < -0.4 is 5.32 Å². The average Bonchev–Trinajstić information content (AvgIpc) is 2.45. The summed E-state index contributed by atoms with van der Waals surface area (Å²) in [5.41, 5.74) is 0. The van der Waals surface area contributed by atoms with Crippen LogP contribution in [0.5, 0.6) is 0 Å². The van der Waals surface area contributed by atoms with Crippen molar-refractivity contribution < 1.29 is 42.9 Å². The molecule has 10 heteroatoms. The Morgan fingerprint density at radius 2 is 1.27 bits per heavy atom. The first kappa shape index (κ1) is 23.4. The van der Waals surface area contributed by atoms with Gasteiger partial charge < -0.3 is 24.3 Å². The number of ether oxygens (including phenoxy) is 4. The molecule has 0 aromatic heterocycles. The summed E-state index contributed by atoms with van der Waals surface area (Å²) in [5, 5.41) is 2.49. The monoisotopic (exact) mass is 375 g/mol. The largest absolute Gasteiger partial charge is 0.462 e. The van der Waals surface area contributed by atoms with E-state index in [1.54, 1.807) is 0 Å². The second kappa shape index (κ2) is 11.1. The van der Waals surface area contributed by atoms with Gasteiger partial charge in [-0.2, -0.15) is 0 Å². The molecule has 0 rings (SSSR count). The topological polar surface area (TPSA) is 134 Å². The predicted octanol–water partition coefficient (Wildman–Crippen LogP) is -0.131. The molecule has 0 aliphatic carbocycles. The van der Waals surface area contributed by atoms with Crippen molar-refractivity contribution in [1.82, 2.24) is 5.32 Å². The first-order chi connectivity index (χ1) is 11.9. The number of hydrogen-bond donors (Lipinski definition) is 1. The number of nitrogens with one attached hydrogen (secondary N) is 1. The van der Waals surface area contributed by atoms with Crippen molar-refractivity contribution >= 4 is 29.8 Å². The van der Waals surface area contributed by atoms with Crippen molar-refractivity contribution in [2.45, 2.75) is 65.9 Å². The fraction of sp³-hybridized carbons (Fsp3) is 0.688. The van der Waals surface area contributed by atoms with E-state index in [9.17, 15) is 24.0 Å². The summed E-state index contributed by atoms with van der Waals surface area (Å²) in [7, 11) is 0. The van der Waals surface area contributed by atoms with E-state index < -0.39 is 60.7 Å². The molecule has 4 atom stereocenters. The number of carbonyl (C=O) groups excluding carboxylic acids is 5. The molecule has 0 aliphatic rings. The summed E-state index contributed by atoms with van der Waals surface area (Å²) < 4.78 is 20.2. The van der Waals surface area contributed by atoms with Gasteiger partial charge in [0, 0.05) is 34.6 Å². The van der Waals surface area contributed by atoms with Gasteiger partial charge in [0.25, 0.3) is 0 Å². The zero-order valence-corrected chi connectivity index (χ0v) is 15.7. The standard InChI is InChI=1S/C16H25NO9/c1-8(24-11(4)20)16(26-13(6)22)15(17-9(2)18)14(25-12(5)21)7-23-10(3)19/h8,14-16H,7H2,1-6H3,(H,17,18)/t8-,14+,15-,16+/m1/s1. The Balaban J connectivity index is 5.80. The van der Waals surface area contributed by atoms with Crippen LogP contribution in [0, 0.1) is 0 Å². The molecule has 0 aliphatic heterocycles. The van der Waals surface area contributed by atoms with Crippen LogP contribution in [-0.4, -0.2) is 60.7 Å². The molecule has 148 valence electrons. The van der Waals surface area contributed by atoms with Gasteiger partial charge in [0.2, 0.25) is 5.91 Å². The van der Waals surface area contributed by atoms with Crippen LogP contribution in [0.25, 0.3) is 0 Å². The van der Waals surface area contributed by atoms with E-state index in [0.717, 1.165) is 27.7 Å². The van der Waals surface area contributed by atoms with Gasteiger partial charge in [-0.25, -0.2) is 0 Å². The molecule has 0 aromatic carbocycles. The maximum atomic E-state index is 11.6. The quantitative estimate of drug-likeness (QED) is 0.432. The highest BCUT2D eigenvalue weighted by Crippen LogP contribution is 2.16. The van der Waals surface area contributed by atoms with Gasteiger partial charge in [0.1, 0.15) is 18.8 Å². The Morgan fingerprint density at radius 3 is 1.65 bits per heavy atom. The van der Waals surface area contributed by atoms with E-state index in [4.69, 9.17) is 18.9 Å². The zero-order chi connectivity index (χ0) is 20.4. The molecule has 0 heterocycles. The predicted molar refractivity (Wildman–Crippen MR) is 86.6 cm³/mol. The number of hydrogen-bond acceptors (Lipinski definition) is 9. The highest BCUT2D eigenvalue weighted by molar-refractivity contribution is 5.74. The first-order valence-electron chi connectivity index (χ1n) is 7.86. The summed E-state index contributed by atoms with van der Waals surface area (Å²) in [6, 6.07) is -1.13. The summed E-state index contributed by atoms with van der Waals surface area (Å²) in [5.74, 6) is -3.22. The smallest absolute Gasteiger partial charge is 0.303 e. The first-order valence-corrected chi connectivity index (χ1v) is 7.86. The molecule has 0 bridgehead atoms. The molecule has 0 radical (unpaired) electrons. The van der Waals surface area contributed by atoms with Gasteiger partial charge in [-0.05, 0) is 6.92 Å². The maximum absolute atomic E-state index is 11.6. The number of amides is 1. The number of carbonyl (C=O) groups is 5. The van der Waals surface area contributed by atoms with E-state index in [1.165, 1.54) is 13.8 Å². The fourth-order valence-electron chi connectivity index (χ4n) is 2.23. The molecule has 10 nitrogen and oxygen atoms in total. The van der Waals surface area contributed by atoms with E-state index in [1.807, 2.05) is 0 Å². The van der Waals surface area contributed by atoms with Crippen LogP contribution in [0.15, 0.2) is 0 Å². The molecule has 1 N–H and O–H groups in total. The third-order valence-electron chi connectivity index (χ3n) is 3.01. The SMILES string of the molecule is CC(=O)N[C@@H]([C@@H](OC(C)=O)[C@@H](C)OC(C)=O)[C@H](COC(C)=O)OC(C)=O. The minimum absolute atomic E-state index is 0.398. The van der Waals surface area contributed by atoms with Crippen LogP contribution in [0.1, 0.15) is 41.5 Å². The molecular weight excluding hydrogens is 350 g/mol. The molecule has 1 amide bonds. The molecule has 0 saturated carbocycles. The Labute approximate surface area is 151 Å². The second-order valence-corrected chi connectivity index (χ2v) is 5.57. The van der Waals surface area contributed by atoms with Crippen molar-refractivity contribution in [2.75, 3.05) is 6.61 Å². The highest BCUT2D eigenvalue weighted by atomic mass is 16.6.